The highest BCUT2D eigenvalue weighted by Crippen LogP contribution is 2.24. The first-order valence-corrected chi connectivity index (χ1v) is 6.29. The summed E-state index contributed by atoms with van der Waals surface area (Å²) in [6.45, 7) is 6.87. The highest BCUT2D eigenvalue weighted by Gasteiger charge is 2.17. The summed E-state index contributed by atoms with van der Waals surface area (Å²) in [4.78, 5) is 22.8. The molecule has 5 heteroatoms. The summed E-state index contributed by atoms with van der Waals surface area (Å²) in [5.41, 5.74) is 0.599. The SMILES string of the molecule is CC(=O)c1ccc(NC(=O)OC(C)(C)C)c(Br)c1. The monoisotopic (exact) mass is 313 g/mol. The molecule has 98 valence electrons. The number of Topliss-reactive ketones (excluding diaryl/α,β-unsaturated/α-hetero) is 1. The van der Waals surface area contributed by atoms with Gasteiger partial charge in [-0.1, -0.05) is 0 Å². The van der Waals surface area contributed by atoms with E-state index < -0.39 is 11.7 Å². The van der Waals surface area contributed by atoms with Gasteiger partial charge in [0.25, 0.3) is 0 Å². The number of amides is 1. The first kappa shape index (κ1) is 14.7. The summed E-state index contributed by atoms with van der Waals surface area (Å²) in [6.07, 6.45) is -0.529. The molecule has 0 saturated heterocycles. The maximum absolute atomic E-state index is 11.6. The molecule has 0 unspecified atom stereocenters. The molecule has 1 aromatic carbocycles. The number of ether oxygens (including phenoxy) is 1. The summed E-state index contributed by atoms with van der Waals surface area (Å²) >= 11 is 3.30. The summed E-state index contributed by atoms with van der Waals surface area (Å²) in [5.74, 6) is -0.0282. The summed E-state index contributed by atoms with van der Waals surface area (Å²) in [5, 5.41) is 2.61. The van der Waals surface area contributed by atoms with Crippen molar-refractivity contribution in [3.8, 4) is 0 Å². The zero-order chi connectivity index (χ0) is 13.9. The third kappa shape index (κ3) is 4.49. The second-order valence-corrected chi connectivity index (χ2v) is 5.73. The minimum Gasteiger partial charge on any atom is -0.444 e. The van der Waals surface area contributed by atoms with E-state index in [1.807, 2.05) is 0 Å². The predicted octanol–water partition coefficient (Wildman–Crippen LogP) is 4.00. The number of anilines is 1. The Morgan fingerprint density at radius 2 is 1.89 bits per heavy atom. The molecule has 18 heavy (non-hydrogen) atoms. The van der Waals surface area contributed by atoms with E-state index in [0.717, 1.165) is 0 Å². The van der Waals surface area contributed by atoms with E-state index in [0.29, 0.717) is 15.7 Å². The van der Waals surface area contributed by atoms with Gasteiger partial charge in [-0.3, -0.25) is 10.1 Å². The first-order chi connectivity index (χ1) is 8.19. The molecule has 0 atom stereocenters. The molecular formula is C13H16BrNO3. The van der Waals surface area contributed by atoms with Crippen LogP contribution in [0.3, 0.4) is 0 Å². The van der Waals surface area contributed by atoms with Crippen LogP contribution in [-0.4, -0.2) is 17.5 Å². The van der Waals surface area contributed by atoms with Crippen molar-refractivity contribution >= 4 is 33.5 Å². The van der Waals surface area contributed by atoms with Gasteiger partial charge in [-0.2, -0.15) is 0 Å². The van der Waals surface area contributed by atoms with Gasteiger partial charge in [0.2, 0.25) is 0 Å². The van der Waals surface area contributed by atoms with Crippen molar-refractivity contribution in [1.82, 2.24) is 0 Å². The fraction of sp³-hybridized carbons (Fsp3) is 0.385. The molecule has 0 heterocycles. The first-order valence-electron chi connectivity index (χ1n) is 5.49. The van der Waals surface area contributed by atoms with Crippen LogP contribution in [0.1, 0.15) is 38.1 Å². The second-order valence-electron chi connectivity index (χ2n) is 4.88. The lowest BCUT2D eigenvalue weighted by atomic mass is 10.1. The van der Waals surface area contributed by atoms with Crippen LogP contribution < -0.4 is 5.32 Å². The molecule has 1 N–H and O–H groups in total. The molecule has 0 spiro atoms. The zero-order valence-corrected chi connectivity index (χ0v) is 12.4. The minimum absolute atomic E-state index is 0.0282. The summed E-state index contributed by atoms with van der Waals surface area (Å²) in [6, 6.07) is 4.97. The predicted molar refractivity (Wildman–Crippen MR) is 74.0 cm³/mol. The number of hydrogen-bond donors (Lipinski definition) is 1. The van der Waals surface area contributed by atoms with Crippen molar-refractivity contribution < 1.29 is 14.3 Å². The van der Waals surface area contributed by atoms with Gasteiger partial charge < -0.3 is 4.74 Å². The Bertz CT molecular complexity index is 478. The average molecular weight is 314 g/mol. The number of rotatable bonds is 2. The highest BCUT2D eigenvalue weighted by molar-refractivity contribution is 9.10. The van der Waals surface area contributed by atoms with E-state index in [4.69, 9.17) is 4.74 Å². The summed E-state index contributed by atoms with van der Waals surface area (Å²) in [7, 11) is 0. The molecule has 1 rings (SSSR count). The van der Waals surface area contributed by atoms with Gasteiger partial charge in [-0.15, -0.1) is 0 Å². The third-order valence-corrected chi connectivity index (χ3v) is 2.67. The van der Waals surface area contributed by atoms with Crippen LogP contribution in [-0.2, 0) is 4.74 Å². The standard InChI is InChI=1S/C13H16BrNO3/c1-8(16)9-5-6-11(10(14)7-9)15-12(17)18-13(2,3)4/h5-7H,1-4H3,(H,15,17). The van der Waals surface area contributed by atoms with Crippen LogP contribution in [0.15, 0.2) is 22.7 Å². The Labute approximate surface area is 115 Å². The molecule has 0 aliphatic carbocycles. The van der Waals surface area contributed by atoms with Crippen LogP contribution in [0.5, 0.6) is 0 Å². The number of carbonyl (C=O) groups is 2. The maximum Gasteiger partial charge on any atom is 0.412 e. The largest absolute Gasteiger partial charge is 0.444 e. The fourth-order valence-corrected chi connectivity index (χ4v) is 1.73. The average Bonchev–Trinajstić information content (AvgIpc) is 2.17. The van der Waals surface area contributed by atoms with E-state index in [2.05, 4.69) is 21.2 Å². The summed E-state index contributed by atoms with van der Waals surface area (Å²) < 4.78 is 5.78. The number of carbonyl (C=O) groups excluding carboxylic acids is 2. The smallest absolute Gasteiger partial charge is 0.412 e. The molecule has 1 aromatic rings. The van der Waals surface area contributed by atoms with Crippen molar-refractivity contribution in [3.05, 3.63) is 28.2 Å². The van der Waals surface area contributed by atoms with Crippen LogP contribution in [0.2, 0.25) is 0 Å². The van der Waals surface area contributed by atoms with Gasteiger partial charge in [-0.25, -0.2) is 4.79 Å². The quantitative estimate of drug-likeness (QED) is 0.840. The Morgan fingerprint density at radius 1 is 1.28 bits per heavy atom. The van der Waals surface area contributed by atoms with Crippen molar-refractivity contribution in [2.24, 2.45) is 0 Å². The molecule has 0 fully saturated rings. The molecular weight excluding hydrogens is 298 g/mol. The topological polar surface area (TPSA) is 55.4 Å². The van der Waals surface area contributed by atoms with Crippen molar-refractivity contribution in [1.29, 1.82) is 0 Å². The Balaban J connectivity index is 2.80. The normalized spacial score (nSPS) is 10.9. The number of ketones is 1. The fourth-order valence-electron chi connectivity index (χ4n) is 1.25. The lowest BCUT2D eigenvalue weighted by Crippen LogP contribution is -2.27. The van der Waals surface area contributed by atoms with Gasteiger partial charge in [-0.05, 0) is 61.8 Å². The number of nitrogens with one attached hydrogen (secondary N) is 1. The highest BCUT2D eigenvalue weighted by atomic mass is 79.9. The van der Waals surface area contributed by atoms with E-state index >= 15 is 0 Å². The van der Waals surface area contributed by atoms with Gasteiger partial charge >= 0.3 is 6.09 Å². The van der Waals surface area contributed by atoms with E-state index in [1.165, 1.54) is 6.92 Å². The molecule has 1 amide bonds. The second kappa shape index (κ2) is 5.52. The molecule has 0 aliphatic heterocycles. The lowest BCUT2D eigenvalue weighted by Gasteiger charge is -2.20. The molecule has 0 saturated carbocycles. The third-order valence-electron chi connectivity index (χ3n) is 2.01. The van der Waals surface area contributed by atoms with Crippen molar-refractivity contribution in [3.63, 3.8) is 0 Å². The maximum atomic E-state index is 11.6. The van der Waals surface area contributed by atoms with Gasteiger partial charge in [0.05, 0.1) is 5.69 Å². The van der Waals surface area contributed by atoms with Gasteiger partial charge in [0.15, 0.2) is 5.78 Å². The van der Waals surface area contributed by atoms with Gasteiger partial charge in [0, 0.05) is 10.0 Å². The molecule has 4 nitrogen and oxygen atoms in total. The van der Waals surface area contributed by atoms with Crippen LogP contribution in [0, 0.1) is 0 Å². The number of hydrogen-bond acceptors (Lipinski definition) is 3. The van der Waals surface area contributed by atoms with Gasteiger partial charge in [0.1, 0.15) is 5.60 Å². The number of halogens is 1. The van der Waals surface area contributed by atoms with Crippen molar-refractivity contribution in [2.45, 2.75) is 33.3 Å². The van der Waals surface area contributed by atoms with E-state index in [9.17, 15) is 9.59 Å². The van der Waals surface area contributed by atoms with Crippen LogP contribution in [0.4, 0.5) is 10.5 Å². The molecule has 0 radical (unpaired) electrons. The Morgan fingerprint density at radius 3 is 2.33 bits per heavy atom. The Kier molecular flexibility index (Phi) is 4.51. The lowest BCUT2D eigenvalue weighted by molar-refractivity contribution is 0.0635. The minimum atomic E-state index is -0.546. The van der Waals surface area contributed by atoms with Crippen molar-refractivity contribution in [2.75, 3.05) is 5.32 Å². The molecule has 0 aromatic heterocycles. The van der Waals surface area contributed by atoms with E-state index in [-0.39, 0.29) is 5.78 Å². The van der Waals surface area contributed by atoms with Crippen LogP contribution in [0.25, 0.3) is 0 Å². The molecule has 0 bridgehead atoms. The number of benzene rings is 1. The van der Waals surface area contributed by atoms with Crippen LogP contribution >= 0.6 is 15.9 Å². The zero-order valence-electron chi connectivity index (χ0n) is 10.8. The molecule has 0 aliphatic rings. The van der Waals surface area contributed by atoms with E-state index in [1.54, 1.807) is 39.0 Å². The Hall–Kier alpha value is -1.36.